The number of aliphatic hydroxyl groups is 1. The number of rotatable bonds is 2. The molecule has 3 unspecified atom stereocenters. The zero-order valence-electron chi connectivity index (χ0n) is 10.3. The maximum absolute atomic E-state index is 11.9. The van der Waals surface area contributed by atoms with Gasteiger partial charge in [0.1, 0.15) is 0 Å². The largest absolute Gasteiger partial charge is 0.481 e. The summed E-state index contributed by atoms with van der Waals surface area (Å²) in [6.45, 7) is 0.883. The standard InChI is InChI=1S/C12H20N2O4/c15-8-5-6-14(7-8)12(18)13-10-4-2-1-3-9(10)11(16)17/h8-10,15H,1-7H2,(H,13,18)(H,16,17). The van der Waals surface area contributed by atoms with E-state index in [9.17, 15) is 14.7 Å². The molecule has 2 fully saturated rings. The minimum absolute atomic E-state index is 0.246. The Labute approximate surface area is 106 Å². The van der Waals surface area contributed by atoms with Gasteiger partial charge in [-0.1, -0.05) is 12.8 Å². The van der Waals surface area contributed by atoms with Crippen LogP contribution in [0.1, 0.15) is 32.1 Å². The molecule has 3 atom stereocenters. The molecule has 1 saturated heterocycles. The highest BCUT2D eigenvalue weighted by Gasteiger charge is 2.33. The minimum Gasteiger partial charge on any atom is -0.481 e. The number of amides is 2. The number of likely N-dealkylation sites (tertiary alicyclic amines) is 1. The molecular weight excluding hydrogens is 236 g/mol. The zero-order valence-corrected chi connectivity index (χ0v) is 10.3. The van der Waals surface area contributed by atoms with Gasteiger partial charge in [0.05, 0.1) is 12.0 Å². The van der Waals surface area contributed by atoms with E-state index in [1.54, 1.807) is 4.90 Å². The molecule has 0 radical (unpaired) electrons. The molecule has 1 aliphatic carbocycles. The summed E-state index contributed by atoms with van der Waals surface area (Å²) < 4.78 is 0. The molecule has 1 aliphatic heterocycles. The van der Waals surface area contributed by atoms with Crippen LogP contribution in [-0.4, -0.2) is 52.3 Å². The quantitative estimate of drug-likeness (QED) is 0.667. The molecule has 2 aliphatic rings. The fourth-order valence-corrected chi connectivity index (χ4v) is 2.78. The lowest BCUT2D eigenvalue weighted by Crippen LogP contribution is -2.49. The lowest BCUT2D eigenvalue weighted by molar-refractivity contribution is -0.143. The summed E-state index contributed by atoms with van der Waals surface area (Å²) in [5.74, 6) is -1.31. The van der Waals surface area contributed by atoms with Crippen LogP contribution in [0.3, 0.4) is 0 Å². The fraction of sp³-hybridized carbons (Fsp3) is 0.833. The number of carboxylic acid groups (broad SMARTS) is 1. The Kier molecular flexibility index (Phi) is 4.06. The minimum atomic E-state index is -0.832. The highest BCUT2D eigenvalue weighted by Crippen LogP contribution is 2.25. The Bertz CT molecular complexity index is 334. The number of β-amino-alcohol motifs (C(OH)–C–C–N with tert-alkyl or cyclic N) is 1. The van der Waals surface area contributed by atoms with Gasteiger partial charge >= 0.3 is 12.0 Å². The highest BCUT2D eigenvalue weighted by molar-refractivity contribution is 5.77. The molecule has 102 valence electrons. The molecule has 6 heteroatoms. The van der Waals surface area contributed by atoms with Crippen molar-refractivity contribution in [2.24, 2.45) is 5.92 Å². The fourth-order valence-electron chi connectivity index (χ4n) is 2.78. The molecule has 0 aromatic carbocycles. The number of hydrogen-bond acceptors (Lipinski definition) is 3. The molecule has 0 bridgehead atoms. The van der Waals surface area contributed by atoms with Crippen LogP contribution in [0.5, 0.6) is 0 Å². The first kappa shape index (κ1) is 13.1. The SMILES string of the molecule is O=C(O)C1CCCCC1NC(=O)N1CCC(O)C1. The van der Waals surface area contributed by atoms with Crippen LogP contribution in [0.25, 0.3) is 0 Å². The maximum Gasteiger partial charge on any atom is 0.317 e. The summed E-state index contributed by atoms with van der Waals surface area (Å²) in [5, 5.41) is 21.3. The van der Waals surface area contributed by atoms with Crippen molar-refractivity contribution in [1.82, 2.24) is 10.2 Å². The van der Waals surface area contributed by atoms with Crippen molar-refractivity contribution >= 4 is 12.0 Å². The molecule has 1 saturated carbocycles. The van der Waals surface area contributed by atoms with Gasteiger partial charge in [0, 0.05) is 19.1 Å². The predicted octanol–water partition coefficient (Wildman–Crippen LogP) is 0.406. The van der Waals surface area contributed by atoms with Gasteiger partial charge in [-0.2, -0.15) is 0 Å². The molecule has 2 amide bonds. The highest BCUT2D eigenvalue weighted by atomic mass is 16.4. The Morgan fingerprint density at radius 2 is 1.89 bits per heavy atom. The summed E-state index contributed by atoms with van der Waals surface area (Å²) in [6.07, 6.45) is 3.36. The van der Waals surface area contributed by atoms with Gasteiger partial charge in [0.2, 0.25) is 0 Å². The molecule has 1 heterocycles. The number of nitrogens with one attached hydrogen (secondary N) is 1. The number of nitrogens with zero attached hydrogens (tertiary/aromatic N) is 1. The van der Waals surface area contributed by atoms with E-state index in [1.807, 2.05) is 0 Å². The van der Waals surface area contributed by atoms with Crippen LogP contribution in [0, 0.1) is 5.92 Å². The van der Waals surface area contributed by atoms with Crippen LogP contribution in [0.2, 0.25) is 0 Å². The summed E-state index contributed by atoms with van der Waals surface area (Å²) in [7, 11) is 0. The first-order chi connectivity index (χ1) is 8.58. The number of carbonyl (C=O) groups is 2. The second kappa shape index (κ2) is 5.56. The number of aliphatic carboxylic acids is 1. The van der Waals surface area contributed by atoms with Crippen molar-refractivity contribution in [1.29, 1.82) is 0 Å². The van der Waals surface area contributed by atoms with Crippen LogP contribution >= 0.6 is 0 Å². The van der Waals surface area contributed by atoms with Gasteiger partial charge in [0.15, 0.2) is 0 Å². The maximum atomic E-state index is 11.9. The lowest BCUT2D eigenvalue weighted by Gasteiger charge is -2.30. The number of hydrogen-bond donors (Lipinski definition) is 3. The second-order valence-corrected chi connectivity index (χ2v) is 5.17. The summed E-state index contributed by atoms with van der Waals surface area (Å²) in [4.78, 5) is 24.6. The van der Waals surface area contributed by atoms with Gasteiger partial charge in [-0.05, 0) is 19.3 Å². The molecule has 18 heavy (non-hydrogen) atoms. The summed E-state index contributed by atoms with van der Waals surface area (Å²) in [6, 6.07) is -0.522. The van der Waals surface area contributed by atoms with Gasteiger partial charge < -0.3 is 20.4 Å². The van der Waals surface area contributed by atoms with Gasteiger partial charge in [0.25, 0.3) is 0 Å². The van der Waals surface area contributed by atoms with Crippen molar-refractivity contribution in [2.75, 3.05) is 13.1 Å². The van der Waals surface area contributed by atoms with E-state index in [0.717, 1.165) is 19.3 Å². The van der Waals surface area contributed by atoms with E-state index >= 15 is 0 Å². The predicted molar refractivity (Wildman–Crippen MR) is 64.1 cm³/mol. The van der Waals surface area contributed by atoms with Crippen molar-refractivity contribution in [3.8, 4) is 0 Å². The van der Waals surface area contributed by atoms with Gasteiger partial charge in [-0.15, -0.1) is 0 Å². The zero-order chi connectivity index (χ0) is 13.1. The number of carbonyl (C=O) groups excluding carboxylic acids is 1. The molecule has 0 spiro atoms. The molecule has 6 nitrogen and oxygen atoms in total. The Balaban J connectivity index is 1.90. The normalized spacial score (nSPS) is 32.3. The van der Waals surface area contributed by atoms with E-state index in [2.05, 4.69) is 5.32 Å². The first-order valence-corrected chi connectivity index (χ1v) is 6.54. The molecule has 0 aromatic rings. The molecule has 2 rings (SSSR count). The number of aliphatic hydroxyl groups excluding tert-OH is 1. The van der Waals surface area contributed by atoms with Crippen molar-refractivity contribution in [3.63, 3.8) is 0 Å². The second-order valence-electron chi connectivity index (χ2n) is 5.17. The summed E-state index contributed by atoms with van der Waals surface area (Å²) >= 11 is 0. The summed E-state index contributed by atoms with van der Waals surface area (Å²) in [5.41, 5.74) is 0. The van der Waals surface area contributed by atoms with Crippen molar-refractivity contribution in [3.05, 3.63) is 0 Å². The third-order valence-corrected chi connectivity index (χ3v) is 3.84. The van der Waals surface area contributed by atoms with Gasteiger partial charge in [-0.3, -0.25) is 4.79 Å². The third-order valence-electron chi connectivity index (χ3n) is 3.84. The van der Waals surface area contributed by atoms with E-state index in [1.165, 1.54) is 0 Å². The van der Waals surface area contributed by atoms with E-state index in [0.29, 0.717) is 25.9 Å². The number of urea groups is 1. The van der Waals surface area contributed by atoms with E-state index in [4.69, 9.17) is 5.11 Å². The van der Waals surface area contributed by atoms with Gasteiger partial charge in [-0.25, -0.2) is 4.79 Å². The topological polar surface area (TPSA) is 89.9 Å². The Hall–Kier alpha value is -1.30. The van der Waals surface area contributed by atoms with Crippen LogP contribution in [-0.2, 0) is 4.79 Å². The Morgan fingerprint density at radius 3 is 2.50 bits per heavy atom. The van der Waals surface area contributed by atoms with Crippen LogP contribution < -0.4 is 5.32 Å². The van der Waals surface area contributed by atoms with E-state index < -0.39 is 18.0 Å². The monoisotopic (exact) mass is 256 g/mol. The van der Waals surface area contributed by atoms with Crippen molar-refractivity contribution in [2.45, 2.75) is 44.2 Å². The average molecular weight is 256 g/mol. The molecule has 3 N–H and O–H groups in total. The first-order valence-electron chi connectivity index (χ1n) is 6.54. The average Bonchev–Trinajstić information content (AvgIpc) is 2.76. The lowest BCUT2D eigenvalue weighted by atomic mass is 9.84. The third kappa shape index (κ3) is 2.93. The molecule has 0 aromatic heterocycles. The van der Waals surface area contributed by atoms with Crippen LogP contribution in [0.15, 0.2) is 0 Å². The van der Waals surface area contributed by atoms with Crippen molar-refractivity contribution < 1.29 is 19.8 Å². The molecular formula is C12H20N2O4. The number of carboxylic acids is 1. The Morgan fingerprint density at radius 1 is 1.17 bits per heavy atom. The van der Waals surface area contributed by atoms with Crippen LogP contribution in [0.4, 0.5) is 4.79 Å². The van der Waals surface area contributed by atoms with E-state index in [-0.39, 0.29) is 12.1 Å². The smallest absolute Gasteiger partial charge is 0.317 e.